The van der Waals surface area contributed by atoms with E-state index >= 15 is 0 Å². The van der Waals surface area contributed by atoms with Gasteiger partial charge in [-0.1, -0.05) is 36.0 Å². The zero-order valence-corrected chi connectivity index (χ0v) is 18.4. The molecule has 4 rings (SSSR count). The Morgan fingerprint density at radius 3 is 2.69 bits per heavy atom. The monoisotopic (exact) mass is 460 g/mol. The van der Waals surface area contributed by atoms with Crippen molar-refractivity contribution in [3.8, 4) is 0 Å². The summed E-state index contributed by atoms with van der Waals surface area (Å²) in [7, 11) is 0. The van der Waals surface area contributed by atoms with E-state index in [1.165, 1.54) is 28.8 Å². The molecule has 0 bridgehead atoms. The Bertz CT molecular complexity index is 1070. The fourth-order valence-corrected chi connectivity index (χ4v) is 5.09. The molecule has 168 valence electrons. The molecule has 1 saturated heterocycles. The van der Waals surface area contributed by atoms with Crippen molar-refractivity contribution in [2.45, 2.75) is 49.8 Å². The molecular weight excluding hydrogens is 437 g/mol. The molecule has 0 aromatic heterocycles. The van der Waals surface area contributed by atoms with Gasteiger partial charge in [0.15, 0.2) is 0 Å². The molecule has 0 N–H and O–H groups in total. The van der Waals surface area contributed by atoms with Gasteiger partial charge >= 0.3 is 6.18 Å². The van der Waals surface area contributed by atoms with Crippen molar-refractivity contribution < 1.29 is 22.8 Å². The number of amides is 2. The van der Waals surface area contributed by atoms with Gasteiger partial charge in [-0.15, -0.1) is 0 Å². The first-order valence-electron chi connectivity index (χ1n) is 10.5. The largest absolute Gasteiger partial charge is 0.416 e. The number of rotatable bonds is 3. The molecule has 1 unspecified atom stereocenters. The number of nitrogens with zero attached hydrogens (tertiary/aromatic N) is 2. The lowest BCUT2D eigenvalue weighted by Gasteiger charge is -2.34. The van der Waals surface area contributed by atoms with E-state index in [1.807, 2.05) is 19.1 Å². The highest BCUT2D eigenvalue weighted by atomic mass is 32.2. The smallest absolute Gasteiger partial charge is 0.336 e. The second kappa shape index (κ2) is 9.02. The Balaban J connectivity index is 1.65. The number of para-hydroxylation sites is 1. The quantitative estimate of drug-likeness (QED) is 0.558. The summed E-state index contributed by atoms with van der Waals surface area (Å²) in [5, 5.41) is 0. The summed E-state index contributed by atoms with van der Waals surface area (Å²) in [6, 6.07) is 12.3. The molecule has 0 aliphatic carbocycles. The third kappa shape index (κ3) is 4.70. The predicted octanol–water partition coefficient (Wildman–Crippen LogP) is 5.63. The summed E-state index contributed by atoms with van der Waals surface area (Å²) >= 11 is 1.22. The van der Waals surface area contributed by atoms with Crippen molar-refractivity contribution in [2.75, 3.05) is 11.4 Å². The third-order valence-electron chi connectivity index (χ3n) is 5.77. The van der Waals surface area contributed by atoms with Gasteiger partial charge in [-0.2, -0.15) is 13.2 Å². The molecule has 2 aliphatic heterocycles. The van der Waals surface area contributed by atoms with Gasteiger partial charge in [0.1, 0.15) is 0 Å². The van der Waals surface area contributed by atoms with Crippen LogP contribution in [0, 0.1) is 0 Å². The minimum atomic E-state index is -4.46. The maximum absolute atomic E-state index is 13.3. The number of hydrogen-bond acceptors (Lipinski definition) is 3. The van der Waals surface area contributed by atoms with E-state index in [4.69, 9.17) is 0 Å². The number of benzene rings is 2. The van der Waals surface area contributed by atoms with E-state index in [0.717, 1.165) is 36.3 Å². The summed E-state index contributed by atoms with van der Waals surface area (Å²) < 4.78 is 39.4. The van der Waals surface area contributed by atoms with Crippen LogP contribution < -0.4 is 4.90 Å². The molecule has 1 atom stereocenters. The number of carbonyl (C=O) groups excluding carboxylic acids is 2. The molecule has 8 heteroatoms. The SMILES string of the molecule is CC1CCCCN1C(=O)C=C1Sc2ccccc2N(Cc2cccc(C(F)(F)F)c2)C1=O. The van der Waals surface area contributed by atoms with Crippen LogP contribution in [0.4, 0.5) is 18.9 Å². The van der Waals surface area contributed by atoms with E-state index in [9.17, 15) is 22.8 Å². The van der Waals surface area contributed by atoms with Crippen molar-refractivity contribution in [3.05, 3.63) is 70.6 Å². The second-order valence-electron chi connectivity index (χ2n) is 8.04. The van der Waals surface area contributed by atoms with E-state index in [2.05, 4.69) is 0 Å². The Morgan fingerprint density at radius 1 is 1.16 bits per heavy atom. The molecule has 2 aliphatic rings. The molecule has 2 heterocycles. The number of piperidine rings is 1. The van der Waals surface area contributed by atoms with Crippen LogP contribution in [0.25, 0.3) is 0 Å². The van der Waals surface area contributed by atoms with Crippen molar-refractivity contribution >= 4 is 29.3 Å². The number of thioether (sulfide) groups is 1. The Labute approximate surface area is 189 Å². The number of fused-ring (bicyclic) bond motifs is 1. The number of halogens is 3. The van der Waals surface area contributed by atoms with Crippen LogP contribution in [-0.4, -0.2) is 29.3 Å². The van der Waals surface area contributed by atoms with Crippen LogP contribution >= 0.6 is 11.8 Å². The standard InChI is InChI=1S/C24H23F3N2O2S/c1-16-7-4-5-12-28(16)22(30)14-21-23(31)29(19-10-2-3-11-20(19)32-21)15-17-8-6-9-18(13-17)24(25,26)27/h2-3,6,8-11,13-14,16H,4-5,7,12,15H2,1H3. The highest BCUT2D eigenvalue weighted by Gasteiger charge is 2.33. The average Bonchev–Trinajstić information content (AvgIpc) is 2.76. The number of anilines is 1. The van der Waals surface area contributed by atoms with Gasteiger partial charge in [0.2, 0.25) is 5.91 Å². The van der Waals surface area contributed by atoms with Gasteiger partial charge in [-0.3, -0.25) is 9.59 Å². The van der Waals surface area contributed by atoms with E-state index in [-0.39, 0.29) is 29.3 Å². The van der Waals surface area contributed by atoms with Crippen LogP contribution in [0.1, 0.15) is 37.3 Å². The zero-order chi connectivity index (χ0) is 22.9. The highest BCUT2D eigenvalue weighted by Crippen LogP contribution is 2.42. The topological polar surface area (TPSA) is 40.6 Å². The van der Waals surface area contributed by atoms with Gasteiger partial charge in [0.25, 0.3) is 5.91 Å². The summed E-state index contributed by atoms with van der Waals surface area (Å²) in [5.74, 6) is -0.587. The predicted molar refractivity (Wildman–Crippen MR) is 118 cm³/mol. The average molecular weight is 461 g/mol. The maximum Gasteiger partial charge on any atom is 0.416 e. The summed E-state index contributed by atoms with van der Waals surface area (Å²) in [6.45, 7) is 2.64. The molecule has 4 nitrogen and oxygen atoms in total. The Morgan fingerprint density at radius 2 is 1.94 bits per heavy atom. The van der Waals surface area contributed by atoms with Crippen LogP contribution in [0.5, 0.6) is 0 Å². The first kappa shape index (κ1) is 22.5. The second-order valence-corrected chi connectivity index (χ2v) is 9.13. The van der Waals surface area contributed by atoms with Gasteiger partial charge in [0, 0.05) is 23.6 Å². The van der Waals surface area contributed by atoms with Crippen LogP contribution in [0.3, 0.4) is 0 Å². The van der Waals surface area contributed by atoms with Crippen molar-refractivity contribution in [1.82, 2.24) is 4.90 Å². The zero-order valence-electron chi connectivity index (χ0n) is 17.6. The lowest BCUT2D eigenvalue weighted by molar-refractivity contribution is -0.137. The molecule has 2 amide bonds. The summed E-state index contributed by atoms with van der Waals surface area (Å²) in [4.78, 5) is 30.5. The Kier molecular flexibility index (Phi) is 6.33. The molecule has 1 fully saturated rings. The van der Waals surface area contributed by atoms with Gasteiger partial charge in [0.05, 0.1) is 22.7 Å². The van der Waals surface area contributed by atoms with Crippen LogP contribution in [-0.2, 0) is 22.3 Å². The molecule has 0 radical (unpaired) electrons. The number of alkyl halides is 3. The molecular formula is C24H23F3N2O2S. The number of hydrogen-bond donors (Lipinski definition) is 0. The van der Waals surface area contributed by atoms with E-state index in [0.29, 0.717) is 17.8 Å². The molecule has 32 heavy (non-hydrogen) atoms. The third-order valence-corrected chi connectivity index (χ3v) is 6.85. The van der Waals surface area contributed by atoms with Crippen LogP contribution in [0.2, 0.25) is 0 Å². The van der Waals surface area contributed by atoms with E-state index in [1.54, 1.807) is 23.1 Å². The van der Waals surface area contributed by atoms with E-state index < -0.39 is 11.7 Å². The van der Waals surface area contributed by atoms with Crippen LogP contribution in [0.15, 0.2) is 64.4 Å². The fourth-order valence-electron chi connectivity index (χ4n) is 4.07. The van der Waals surface area contributed by atoms with Gasteiger partial charge < -0.3 is 9.80 Å². The van der Waals surface area contributed by atoms with Gasteiger partial charge in [-0.05, 0) is 56.0 Å². The minimum Gasteiger partial charge on any atom is -0.336 e. The summed E-state index contributed by atoms with van der Waals surface area (Å²) in [6.07, 6.45) is -0.138. The number of likely N-dealkylation sites (tertiary alicyclic amines) is 1. The first-order valence-corrected chi connectivity index (χ1v) is 11.3. The molecule has 2 aromatic carbocycles. The maximum atomic E-state index is 13.3. The van der Waals surface area contributed by atoms with Gasteiger partial charge in [-0.25, -0.2) is 0 Å². The summed E-state index contributed by atoms with van der Waals surface area (Å²) in [5.41, 5.74) is 0.230. The highest BCUT2D eigenvalue weighted by molar-refractivity contribution is 8.04. The fraction of sp³-hybridized carbons (Fsp3) is 0.333. The lowest BCUT2D eigenvalue weighted by atomic mass is 10.0. The normalized spacial score (nSPS) is 20.4. The number of carbonyl (C=O) groups is 2. The Hall–Kier alpha value is -2.74. The first-order chi connectivity index (χ1) is 15.2. The minimum absolute atomic E-state index is 0.0219. The molecule has 2 aromatic rings. The van der Waals surface area contributed by atoms with Crippen molar-refractivity contribution in [2.24, 2.45) is 0 Å². The lowest BCUT2D eigenvalue weighted by Crippen LogP contribution is -2.42. The van der Waals surface area contributed by atoms with Crippen molar-refractivity contribution in [1.29, 1.82) is 0 Å². The molecule has 0 spiro atoms. The molecule has 0 saturated carbocycles. The van der Waals surface area contributed by atoms with Crippen molar-refractivity contribution in [3.63, 3.8) is 0 Å².